The third-order valence-corrected chi connectivity index (χ3v) is 6.03. The van der Waals surface area contributed by atoms with E-state index in [-0.39, 0.29) is 16.6 Å². The van der Waals surface area contributed by atoms with Gasteiger partial charge in [-0.3, -0.25) is 4.98 Å². The second-order valence-electron chi connectivity index (χ2n) is 8.00. The molecule has 0 N–H and O–H groups in total. The molecule has 0 bridgehead atoms. The van der Waals surface area contributed by atoms with Gasteiger partial charge >= 0.3 is 7.12 Å². The highest BCUT2D eigenvalue weighted by molar-refractivity contribution is 6.62. The fraction of sp³-hybridized carbons (Fsp3) is 0.706. The maximum atomic E-state index is 6.55. The summed E-state index contributed by atoms with van der Waals surface area (Å²) >= 11 is 6.55. The standard InChI is InChI=1S/C17H25BClNO2/c1-11-12(18-21-15(2,3)16(4,5)22-18)10-13(19)14(20-11)17(6)8-7-9-17/h10H,7-9H2,1-6H3. The summed E-state index contributed by atoms with van der Waals surface area (Å²) in [4.78, 5) is 4.81. The van der Waals surface area contributed by atoms with Crippen molar-refractivity contribution in [2.24, 2.45) is 0 Å². The van der Waals surface area contributed by atoms with Gasteiger partial charge in [0.25, 0.3) is 0 Å². The molecule has 0 aromatic carbocycles. The molecule has 0 amide bonds. The number of nitrogens with zero attached hydrogens (tertiary/aromatic N) is 1. The Labute approximate surface area is 138 Å². The average molecular weight is 322 g/mol. The number of aromatic nitrogens is 1. The van der Waals surface area contributed by atoms with E-state index in [0.717, 1.165) is 34.7 Å². The van der Waals surface area contributed by atoms with E-state index in [4.69, 9.17) is 25.9 Å². The summed E-state index contributed by atoms with van der Waals surface area (Å²) in [6.45, 7) is 12.5. The van der Waals surface area contributed by atoms with Crippen LogP contribution in [0.5, 0.6) is 0 Å². The molecule has 0 atom stereocenters. The van der Waals surface area contributed by atoms with Crippen molar-refractivity contribution in [3.05, 3.63) is 22.5 Å². The second-order valence-corrected chi connectivity index (χ2v) is 8.40. The Kier molecular flexibility index (Phi) is 3.67. The van der Waals surface area contributed by atoms with E-state index in [2.05, 4.69) is 34.6 Å². The molecule has 1 aliphatic heterocycles. The van der Waals surface area contributed by atoms with Crippen LogP contribution < -0.4 is 5.46 Å². The molecule has 2 aliphatic rings. The molecule has 1 saturated carbocycles. The van der Waals surface area contributed by atoms with E-state index in [0.29, 0.717) is 0 Å². The Hall–Kier alpha value is -0.575. The molecule has 5 heteroatoms. The average Bonchev–Trinajstić information content (AvgIpc) is 2.58. The van der Waals surface area contributed by atoms with E-state index in [1.807, 2.05) is 13.0 Å². The molecule has 1 aromatic rings. The molecule has 2 fully saturated rings. The van der Waals surface area contributed by atoms with Crippen molar-refractivity contribution in [2.45, 2.75) is 77.4 Å². The molecule has 2 heterocycles. The van der Waals surface area contributed by atoms with Gasteiger partial charge in [-0.2, -0.15) is 0 Å². The third-order valence-electron chi connectivity index (χ3n) is 5.74. The highest BCUT2D eigenvalue weighted by atomic mass is 35.5. The van der Waals surface area contributed by atoms with Crippen LogP contribution in [0.2, 0.25) is 5.02 Å². The Bertz CT molecular complexity index is 595. The molecule has 1 aliphatic carbocycles. The highest BCUT2D eigenvalue weighted by Crippen LogP contribution is 2.45. The van der Waals surface area contributed by atoms with E-state index in [9.17, 15) is 0 Å². The molecule has 0 spiro atoms. The Balaban J connectivity index is 1.95. The summed E-state index contributed by atoms with van der Waals surface area (Å²) in [6.07, 6.45) is 3.58. The zero-order valence-electron chi connectivity index (χ0n) is 14.4. The van der Waals surface area contributed by atoms with Crippen molar-refractivity contribution in [3.63, 3.8) is 0 Å². The SMILES string of the molecule is Cc1nc(C2(C)CCC2)c(Cl)cc1B1OC(C)(C)C(C)(C)O1. The van der Waals surface area contributed by atoms with Crippen LogP contribution in [0.3, 0.4) is 0 Å². The molecule has 3 rings (SSSR count). The monoisotopic (exact) mass is 321 g/mol. The summed E-state index contributed by atoms with van der Waals surface area (Å²) in [5.41, 5.74) is 2.35. The molecule has 1 saturated heterocycles. The summed E-state index contributed by atoms with van der Waals surface area (Å²) in [6, 6.07) is 1.99. The van der Waals surface area contributed by atoms with Crippen LogP contribution in [0, 0.1) is 6.92 Å². The van der Waals surface area contributed by atoms with E-state index < -0.39 is 7.12 Å². The lowest BCUT2D eigenvalue weighted by Gasteiger charge is -2.38. The minimum Gasteiger partial charge on any atom is -0.399 e. The van der Waals surface area contributed by atoms with Crippen LogP contribution >= 0.6 is 11.6 Å². The lowest BCUT2D eigenvalue weighted by atomic mass is 9.67. The third kappa shape index (κ3) is 2.40. The van der Waals surface area contributed by atoms with Gasteiger partial charge in [-0.25, -0.2) is 0 Å². The van der Waals surface area contributed by atoms with E-state index in [1.165, 1.54) is 6.42 Å². The van der Waals surface area contributed by atoms with Crippen molar-refractivity contribution < 1.29 is 9.31 Å². The molecular formula is C17H25BClNO2. The molecular weight excluding hydrogens is 296 g/mol. The first kappa shape index (κ1) is 16.3. The van der Waals surface area contributed by atoms with Crippen LogP contribution in [0.1, 0.15) is 65.3 Å². The predicted molar refractivity (Wildman–Crippen MR) is 90.9 cm³/mol. The van der Waals surface area contributed by atoms with Crippen molar-refractivity contribution in [1.82, 2.24) is 4.98 Å². The maximum Gasteiger partial charge on any atom is 0.496 e. The van der Waals surface area contributed by atoms with Crippen LogP contribution in [-0.2, 0) is 14.7 Å². The Morgan fingerprint density at radius 1 is 1.09 bits per heavy atom. The summed E-state index contributed by atoms with van der Waals surface area (Å²) in [5, 5.41) is 0.734. The summed E-state index contributed by atoms with van der Waals surface area (Å²) in [7, 11) is -0.404. The first-order chi connectivity index (χ1) is 10.1. The molecule has 0 unspecified atom stereocenters. The van der Waals surface area contributed by atoms with Gasteiger partial charge < -0.3 is 9.31 Å². The normalized spacial score (nSPS) is 25.1. The van der Waals surface area contributed by atoms with Crippen LogP contribution in [0.4, 0.5) is 0 Å². The molecule has 0 radical (unpaired) electrons. The molecule has 120 valence electrons. The van der Waals surface area contributed by atoms with Crippen molar-refractivity contribution in [3.8, 4) is 0 Å². The van der Waals surface area contributed by atoms with Gasteiger partial charge in [0, 0.05) is 16.6 Å². The topological polar surface area (TPSA) is 31.4 Å². The Morgan fingerprint density at radius 2 is 1.64 bits per heavy atom. The fourth-order valence-corrected chi connectivity index (χ4v) is 3.56. The smallest absolute Gasteiger partial charge is 0.399 e. The maximum absolute atomic E-state index is 6.55. The first-order valence-corrected chi connectivity index (χ1v) is 8.47. The number of pyridine rings is 1. The number of hydrogen-bond donors (Lipinski definition) is 0. The number of halogens is 1. The van der Waals surface area contributed by atoms with E-state index in [1.54, 1.807) is 0 Å². The zero-order chi connectivity index (χ0) is 16.3. The van der Waals surface area contributed by atoms with Gasteiger partial charge in [0.15, 0.2) is 0 Å². The lowest BCUT2D eigenvalue weighted by molar-refractivity contribution is 0.00578. The van der Waals surface area contributed by atoms with Crippen molar-refractivity contribution in [2.75, 3.05) is 0 Å². The zero-order valence-corrected chi connectivity index (χ0v) is 15.2. The number of aryl methyl sites for hydroxylation is 1. The van der Waals surface area contributed by atoms with Crippen molar-refractivity contribution >= 4 is 24.2 Å². The Morgan fingerprint density at radius 3 is 2.09 bits per heavy atom. The van der Waals surface area contributed by atoms with Crippen LogP contribution in [0.15, 0.2) is 6.07 Å². The number of hydrogen-bond acceptors (Lipinski definition) is 3. The van der Waals surface area contributed by atoms with Crippen LogP contribution in [0.25, 0.3) is 0 Å². The first-order valence-electron chi connectivity index (χ1n) is 8.09. The second kappa shape index (κ2) is 4.96. The predicted octanol–water partition coefficient (Wildman–Crippen LogP) is 3.78. The fourth-order valence-electron chi connectivity index (χ4n) is 3.17. The van der Waals surface area contributed by atoms with Gasteiger partial charge in [0.2, 0.25) is 0 Å². The minimum atomic E-state index is -0.404. The quantitative estimate of drug-likeness (QED) is 0.777. The lowest BCUT2D eigenvalue weighted by Crippen LogP contribution is -2.41. The van der Waals surface area contributed by atoms with Crippen LogP contribution in [-0.4, -0.2) is 23.3 Å². The van der Waals surface area contributed by atoms with E-state index >= 15 is 0 Å². The highest BCUT2D eigenvalue weighted by Gasteiger charge is 2.52. The minimum absolute atomic E-state index is 0.135. The van der Waals surface area contributed by atoms with Gasteiger partial charge in [-0.05, 0) is 53.5 Å². The summed E-state index contributed by atoms with van der Waals surface area (Å²) < 4.78 is 12.3. The summed E-state index contributed by atoms with van der Waals surface area (Å²) in [5.74, 6) is 0. The largest absolute Gasteiger partial charge is 0.496 e. The van der Waals surface area contributed by atoms with Gasteiger partial charge in [-0.1, -0.05) is 24.9 Å². The number of rotatable bonds is 2. The molecule has 22 heavy (non-hydrogen) atoms. The molecule has 3 nitrogen and oxygen atoms in total. The van der Waals surface area contributed by atoms with Gasteiger partial charge in [-0.15, -0.1) is 0 Å². The van der Waals surface area contributed by atoms with Crippen molar-refractivity contribution in [1.29, 1.82) is 0 Å². The molecule has 1 aromatic heterocycles. The van der Waals surface area contributed by atoms with Gasteiger partial charge in [0.05, 0.1) is 21.9 Å². The van der Waals surface area contributed by atoms with Gasteiger partial charge in [0.1, 0.15) is 0 Å².